The average molecular weight is 472 g/mol. The van der Waals surface area contributed by atoms with Crippen LogP contribution in [0.2, 0.25) is 0 Å². The van der Waals surface area contributed by atoms with Crippen LogP contribution >= 0.6 is 0 Å². The number of fused-ring (bicyclic) bond motifs is 2. The Morgan fingerprint density at radius 1 is 0.971 bits per heavy atom. The lowest BCUT2D eigenvalue weighted by Crippen LogP contribution is -2.42. The minimum Gasteiger partial charge on any atom is -0.448 e. The van der Waals surface area contributed by atoms with E-state index < -0.39 is 35.7 Å². The molecule has 6 rings (SSSR count). The number of hydrogen-bond acceptors (Lipinski definition) is 5. The molecule has 1 atom stereocenters. The zero-order valence-electron chi connectivity index (χ0n) is 19.3. The standard InChI is InChI=1S/C27H25N3O5/c1-26(19-9-8-17-6-2-3-7-18(17)14-19)24(32)30(25(33)29-26)16-23(31)28-20-10-11-21-22(15-20)35-27(34-21)12-4-5-13-27/h2-3,6-11,14-15H,4-5,12-13,16H2,1H3,(H,28,31)(H,29,33)/t26-/m0/s1. The normalized spacial score (nSPS) is 22.1. The van der Waals surface area contributed by atoms with Gasteiger partial charge in [-0.25, -0.2) is 4.79 Å². The molecule has 0 unspecified atom stereocenters. The van der Waals surface area contributed by atoms with Gasteiger partial charge in [-0.15, -0.1) is 0 Å². The van der Waals surface area contributed by atoms with E-state index in [1.165, 1.54) is 0 Å². The second-order valence-corrected chi connectivity index (χ2v) is 9.54. The molecule has 35 heavy (non-hydrogen) atoms. The maximum absolute atomic E-state index is 13.3. The first kappa shape index (κ1) is 21.5. The summed E-state index contributed by atoms with van der Waals surface area (Å²) in [5, 5.41) is 7.53. The lowest BCUT2D eigenvalue weighted by Gasteiger charge is -2.22. The molecule has 2 heterocycles. The first-order chi connectivity index (χ1) is 16.9. The third kappa shape index (κ3) is 3.56. The number of imide groups is 1. The Kier molecular flexibility index (Phi) is 4.74. The van der Waals surface area contributed by atoms with Crippen molar-refractivity contribution in [2.24, 2.45) is 0 Å². The topological polar surface area (TPSA) is 97.0 Å². The fourth-order valence-electron chi connectivity index (χ4n) is 5.17. The zero-order chi connectivity index (χ0) is 24.2. The summed E-state index contributed by atoms with van der Waals surface area (Å²) in [5.41, 5.74) is -0.0822. The number of amides is 4. The van der Waals surface area contributed by atoms with Crippen LogP contribution in [0.3, 0.4) is 0 Å². The number of rotatable bonds is 4. The van der Waals surface area contributed by atoms with Gasteiger partial charge >= 0.3 is 6.03 Å². The lowest BCUT2D eigenvalue weighted by molar-refractivity contribution is -0.133. The van der Waals surface area contributed by atoms with Crippen LogP contribution < -0.4 is 20.1 Å². The SMILES string of the molecule is C[C@@]1(c2ccc3ccccc3c2)NC(=O)N(CC(=O)Nc2ccc3c(c2)OC2(CCCC2)O3)C1=O. The Balaban J connectivity index is 1.16. The maximum atomic E-state index is 13.3. The van der Waals surface area contributed by atoms with E-state index in [2.05, 4.69) is 10.6 Å². The number of urea groups is 1. The van der Waals surface area contributed by atoms with E-state index in [0.717, 1.165) is 41.4 Å². The molecule has 8 nitrogen and oxygen atoms in total. The molecule has 3 aliphatic rings. The fourth-order valence-corrected chi connectivity index (χ4v) is 5.17. The molecule has 0 aromatic heterocycles. The summed E-state index contributed by atoms with van der Waals surface area (Å²) in [5.74, 6) is -0.292. The number of benzene rings is 3. The second-order valence-electron chi connectivity index (χ2n) is 9.54. The number of anilines is 1. The highest BCUT2D eigenvalue weighted by atomic mass is 16.7. The monoisotopic (exact) mass is 471 g/mol. The molecule has 178 valence electrons. The highest BCUT2D eigenvalue weighted by molar-refractivity contribution is 6.10. The van der Waals surface area contributed by atoms with Crippen LogP contribution in [-0.2, 0) is 15.1 Å². The Bertz CT molecular complexity index is 1380. The summed E-state index contributed by atoms with van der Waals surface area (Å²) >= 11 is 0. The summed E-state index contributed by atoms with van der Waals surface area (Å²) in [6, 6.07) is 18.0. The molecule has 1 saturated heterocycles. The molecule has 2 fully saturated rings. The summed E-state index contributed by atoms with van der Waals surface area (Å²) in [6.07, 6.45) is 3.79. The zero-order valence-corrected chi connectivity index (χ0v) is 19.3. The second kappa shape index (κ2) is 7.73. The van der Waals surface area contributed by atoms with Gasteiger partial charge < -0.3 is 20.1 Å². The van der Waals surface area contributed by atoms with Crippen LogP contribution in [0.5, 0.6) is 11.5 Å². The molecular weight excluding hydrogens is 446 g/mol. The van der Waals surface area contributed by atoms with Gasteiger partial charge in [0.1, 0.15) is 12.1 Å². The number of hydrogen-bond donors (Lipinski definition) is 2. The summed E-state index contributed by atoms with van der Waals surface area (Å²) in [4.78, 5) is 39.7. The first-order valence-corrected chi connectivity index (χ1v) is 11.8. The average Bonchev–Trinajstić information content (AvgIpc) is 3.51. The molecule has 1 aliphatic carbocycles. The van der Waals surface area contributed by atoms with E-state index in [1.54, 1.807) is 25.1 Å². The van der Waals surface area contributed by atoms with E-state index in [-0.39, 0.29) is 0 Å². The Labute approximate surface area is 202 Å². The molecule has 3 aromatic carbocycles. The van der Waals surface area contributed by atoms with Gasteiger partial charge in [0, 0.05) is 24.6 Å². The predicted octanol–water partition coefficient (Wildman–Crippen LogP) is 4.29. The van der Waals surface area contributed by atoms with Crippen molar-refractivity contribution in [2.45, 2.75) is 43.9 Å². The highest BCUT2D eigenvalue weighted by Gasteiger charge is 2.49. The van der Waals surface area contributed by atoms with Gasteiger partial charge in [0.2, 0.25) is 5.91 Å². The van der Waals surface area contributed by atoms with Crippen molar-refractivity contribution in [2.75, 3.05) is 11.9 Å². The van der Waals surface area contributed by atoms with Gasteiger partial charge in [0.15, 0.2) is 11.5 Å². The third-order valence-electron chi connectivity index (χ3n) is 7.09. The number of carbonyl (C=O) groups excluding carboxylic acids is 3. The first-order valence-electron chi connectivity index (χ1n) is 11.8. The Hall–Kier alpha value is -4.07. The van der Waals surface area contributed by atoms with Crippen molar-refractivity contribution in [3.05, 3.63) is 66.2 Å². The van der Waals surface area contributed by atoms with Crippen LogP contribution in [0, 0.1) is 0 Å². The molecule has 1 saturated carbocycles. The van der Waals surface area contributed by atoms with Gasteiger partial charge in [-0.3, -0.25) is 14.5 Å². The molecule has 1 spiro atoms. The van der Waals surface area contributed by atoms with Crippen LogP contribution in [0.1, 0.15) is 38.2 Å². The van der Waals surface area contributed by atoms with Gasteiger partial charge in [-0.1, -0.05) is 36.4 Å². The Morgan fingerprint density at radius 3 is 2.51 bits per heavy atom. The van der Waals surface area contributed by atoms with Gasteiger partial charge in [-0.05, 0) is 54.3 Å². The predicted molar refractivity (Wildman–Crippen MR) is 129 cm³/mol. The number of nitrogens with one attached hydrogen (secondary N) is 2. The van der Waals surface area contributed by atoms with Crippen molar-refractivity contribution < 1.29 is 23.9 Å². The van der Waals surface area contributed by atoms with E-state index >= 15 is 0 Å². The van der Waals surface area contributed by atoms with Crippen molar-refractivity contribution >= 4 is 34.3 Å². The molecule has 0 bridgehead atoms. The van der Waals surface area contributed by atoms with E-state index in [1.807, 2.05) is 42.5 Å². The van der Waals surface area contributed by atoms with E-state index in [0.29, 0.717) is 22.7 Å². The van der Waals surface area contributed by atoms with Gasteiger partial charge in [-0.2, -0.15) is 0 Å². The van der Waals surface area contributed by atoms with Crippen molar-refractivity contribution in [3.63, 3.8) is 0 Å². The van der Waals surface area contributed by atoms with Crippen LogP contribution in [-0.4, -0.2) is 35.1 Å². The molecule has 8 heteroatoms. The summed E-state index contributed by atoms with van der Waals surface area (Å²) in [7, 11) is 0. The molecule has 3 aromatic rings. The number of carbonyl (C=O) groups is 3. The summed E-state index contributed by atoms with van der Waals surface area (Å²) < 4.78 is 12.1. The molecule has 4 amide bonds. The maximum Gasteiger partial charge on any atom is 0.325 e. The highest BCUT2D eigenvalue weighted by Crippen LogP contribution is 2.47. The van der Waals surface area contributed by atoms with Crippen molar-refractivity contribution in [1.29, 1.82) is 0 Å². The van der Waals surface area contributed by atoms with Crippen LogP contribution in [0.4, 0.5) is 10.5 Å². The quantitative estimate of drug-likeness (QED) is 0.554. The van der Waals surface area contributed by atoms with Crippen LogP contribution in [0.25, 0.3) is 10.8 Å². The van der Waals surface area contributed by atoms with Crippen molar-refractivity contribution in [1.82, 2.24) is 10.2 Å². The lowest BCUT2D eigenvalue weighted by atomic mass is 9.90. The molecule has 2 aliphatic heterocycles. The largest absolute Gasteiger partial charge is 0.448 e. The molecule has 0 radical (unpaired) electrons. The Morgan fingerprint density at radius 2 is 1.71 bits per heavy atom. The smallest absolute Gasteiger partial charge is 0.325 e. The van der Waals surface area contributed by atoms with Crippen LogP contribution in [0.15, 0.2) is 60.7 Å². The van der Waals surface area contributed by atoms with Crippen molar-refractivity contribution in [3.8, 4) is 11.5 Å². The summed E-state index contributed by atoms with van der Waals surface area (Å²) in [6.45, 7) is 1.26. The number of ether oxygens (including phenoxy) is 2. The van der Waals surface area contributed by atoms with Gasteiger partial charge in [0.25, 0.3) is 11.7 Å². The molecular formula is C27H25N3O5. The molecule has 2 N–H and O–H groups in total. The van der Waals surface area contributed by atoms with Gasteiger partial charge in [0.05, 0.1) is 0 Å². The van der Waals surface area contributed by atoms with E-state index in [9.17, 15) is 14.4 Å². The van der Waals surface area contributed by atoms with E-state index in [4.69, 9.17) is 9.47 Å². The minimum atomic E-state index is -1.25. The fraction of sp³-hybridized carbons (Fsp3) is 0.296. The minimum absolute atomic E-state index is 0.397. The number of nitrogens with zero attached hydrogens (tertiary/aromatic N) is 1. The third-order valence-corrected chi connectivity index (χ3v) is 7.09.